The summed E-state index contributed by atoms with van der Waals surface area (Å²) in [5, 5.41) is 0. The van der Waals surface area contributed by atoms with E-state index in [-0.39, 0.29) is 0 Å². The highest BCUT2D eigenvalue weighted by Crippen LogP contribution is 2.24. The molecular weight excluding hydrogens is 220 g/mol. The molecule has 0 aliphatic heterocycles. The second-order valence-electron chi connectivity index (χ2n) is 3.76. The lowest BCUT2D eigenvalue weighted by Gasteiger charge is -2.05. The first-order valence-electron chi connectivity index (χ1n) is 5.22. The van der Waals surface area contributed by atoms with E-state index in [0.29, 0.717) is 16.8 Å². The fourth-order valence-corrected chi connectivity index (χ4v) is 1.85. The molecular formula is C14H12F2N+. The summed E-state index contributed by atoms with van der Waals surface area (Å²) in [4.78, 5) is 0. The molecule has 1 aromatic carbocycles. The van der Waals surface area contributed by atoms with Crippen LogP contribution in [-0.4, -0.2) is 0 Å². The Bertz CT molecular complexity index is 553. The van der Waals surface area contributed by atoms with Crippen molar-refractivity contribution in [2.24, 2.45) is 0 Å². The molecule has 0 atom stereocenters. The van der Waals surface area contributed by atoms with Gasteiger partial charge in [-0.05, 0) is 31.2 Å². The molecule has 2 rings (SSSR count). The minimum atomic E-state index is -0.565. The van der Waals surface area contributed by atoms with Crippen LogP contribution >= 0.6 is 0 Å². The Hall–Kier alpha value is -2.03. The molecule has 1 nitrogen and oxygen atoms in total. The summed E-state index contributed by atoms with van der Waals surface area (Å²) >= 11 is 0. The van der Waals surface area contributed by atoms with E-state index in [2.05, 4.69) is 6.58 Å². The van der Waals surface area contributed by atoms with Gasteiger partial charge in [-0.2, -0.15) is 4.57 Å². The molecule has 3 heteroatoms. The first-order valence-corrected chi connectivity index (χ1v) is 5.22. The van der Waals surface area contributed by atoms with Crippen molar-refractivity contribution in [3.8, 4) is 11.3 Å². The van der Waals surface area contributed by atoms with E-state index in [4.69, 9.17) is 0 Å². The monoisotopic (exact) mass is 232 g/mol. The minimum Gasteiger partial charge on any atom is -0.207 e. The lowest BCUT2D eigenvalue weighted by Crippen LogP contribution is -2.28. The number of aromatic nitrogens is 1. The zero-order chi connectivity index (χ0) is 12.4. The van der Waals surface area contributed by atoms with Gasteiger partial charge in [0.15, 0.2) is 12.4 Å². The Balaban J connectivity index is 2.72. The van der Waals surface area contributed by atoms with E-state index in [9.17, 15) is 8.78 Å². The average molecular weight is 232 g/mol. The van der Waals surface area contributed by atoms with E-state index in [1.165, 1.54) is 6.07 Å². The molecule has 0 saturated carbocycles. The molecule has 86 valence electrons. The number of rotatable bonds is 2. The summed E-state index contributed by atoms with van der Waals surface area (Å²) in [6, 6.07) is 7.60. The van der Waals surface area contributed by atoms with Crippen LogP contribution in [0.15, 0.2) is 43.1 Å². The summed E-state index contributed by atoms with van der Waals surface area (Å²) in [6.07, 6.45) is 3.35. The normalized spacial score (nSPS) is 10.3. The van der Waals surface area contributed by atoms with Gasteiger partial charge in [-0.25, -0.2) is 8.78 Å². The Labute approximate surface area is 98.7 Å². The van der Waals surface area contributed by atoms with Gasteiger partial charge in [0.25, 0.3) is 0 Å². The van der Waals surface area contributed by atoms with Gasteiger partial charge < -0.3 is 0 Å². The van der Waals surface area contributed by atoms with Gasteiger partial charge in [0.1, 0.15) is 11.6 Å². The van der Waals surface area contributed by atoms with Gasteiger partial charge in [0.2, 0.25) is 5.69 Å². The summed E-state index contributed by atoms with van der Waals surface area (Å²) in [6.45, 7) is 5.34. The van der Waals surface area contributed by atoms with Crippen LogP contribution in [0.4, 0.5) is 8.78 Å². The van der Waals surface area contributed by atoms with Crippen LogP contribution in [0.3, 0.4) is 0 Å². The Morgan fingerprint density at radius 1 is 1.24 bits per heavy atom. The van der Waals surface area contributed by atoms with Gasteiger partial charge in [-0.3, -0.25) is 0 Å². The molecule has 1 heterocycles. The molecule has 0 N–H and O–H groups in total. The van der Waals surface area contributed by atoms with Crippen LogP contribution in [0.25, 0.3) is 17.5 Å². The number of aryl methyl sites for hydroxylation is 1. The summed E-state index contributed by atoms with van der Waals surface area (Å²) < 4.78 is 28.6. The fourth-order valence-electron chi connectivity index (χ4n) is 1.85. The third-order valence-corrected chi connectivity index (χ3v) is 2.60. The highest BCUT2D eigenvalue weighted by molar-refractivity contribution is 5.62. The first kappa shape index (κ1) is 11.5. The van der Waals surface area contributed by atoms with Gasteiger partial charge in [0.05, 0.1) is 5.56 Å². The van der Waals surface area contributed by atoms with E-state index in [0.717, 1.165) is 6.07 Å². The lowest BCUT2D eigenvalue weighted by molar-refractivity contribution is -0.555. The molecule has 17 heavy (non-hydrogen) atoms. The van der Waals surface area contributed by atoms with E-state index >= 15 is 0 Å². The number of hydrogen-bond acceptors (Lipinski definition) is 0. The van der Waals surface area contributed by atoms with Crippen molar-refractivity contribution in [3.63, 3.8) is 0 Å². The van der Waals surface area contributed by atoms with E-state index in [1.807, 2.05) is 6.07 Å². The third kappa shape index (κ3) is 2.09. The zero-order valence-corrected chi connectivity index (χ0v) is 9.45. The molecule has 0 aliphatic rings. The average Bonchev–Trinajstić information content (AvgIpc) is 2.28. The maximum Gasteiger partial charge on any atom is 0.221 e. The van der Waals surface area contributed by atoms with Crippen molar-refractivity contribution in [2.45, 2.75) is 6.92 Å². The molecule has 0 bridgehead atoms. The third-order valence-electron chi connectivity index (χ3n) is 2.60. The first-order chi connectivity index (χ1) is 8.13. The van der Waals surface area contributed by atoms with Crippen LogP contribution in [-0.2, 0) is 0 Å². The molecule has 0 unspecified atom stereocenters. The van der Waals surface area contributed by atoms with Crippen LogP contribution < -0.4 is 4.57 Å². The lowest BCUT2D eigenvalue weighted by atomic mass is 10.0. The maximum absolute atomic E-state index is 13.8. The van der Waals surface area contributed by atoms with Crippen molar-refractivity contribution in [3.05, 3.63) is 60.3 Å². The standard InChI is InChI=1S/C14H12F2N/c1-3-17-7-5-4-6-13(17)14-10(2)8-11(15)9-12(14)16/h3-9H,1H2,2H3/q+1. The smallest absolute Gasteiger partial charge is 0.207 e. The molecule has 0 amide bonds. The van der Waals surface area contributed by atoms with Gasteiger partial charge in [0, 0.05) is 18.2 Å². The maximum atomic E-state index is 13.8. The largest absolute Gasteiger partial charge is 0.221 e. The minimum absolute atomic E-state index is 0.395. The topological polar surface area (TPSA) is 3.88 Å². The number of pyridine rings is 1. The van der Waals surface area contributed by atoms with Gasteiger partial charge >= 0.3 is 0 Å². The van der Waals surface area contributed by atoms with Crippen LogP contribution in [0.1, 0.15) is 5.56 Å². The molecule has 0 saturated heterocycles. The van der Waals surface area contributed by atoms with Crippen molar-refractivity contribution in [2.75, 3.05) is 0 Å². The predicted molar refractivity (Wildman–Crippen MR) is 63.1 cm³/mol. The van der Waals surface area contributed by atoms with E-state index < -0.39 is 11.6 Å². The number of hydrogen-bond donors (Lipinski definition) is 0. The van der Waals surface area contributed by atoms with Crippen molar-refractivity contribution >= 4 is 6.20 Å². The SMILES string of the molecule is C=C[n+]1ccccc1-c1c(C)cc(F)cc1F. The number of halogens is 2. The van der Waals surface area contributed by atoms with Crippen molar-refractivity contribution in [1.82, 2.24) is 0 Å². The van der Waals surface area contributed by atoms with Gasteiger partial charge in [-0.1, -0.05) is 0 Å². The van der Waals surface area contributed by atoms with Crippen LogP contribution in [0.5, 0.6) is 0 Å². The molecule has 0 fully saturated rings. The highest BCUT2D eigenvalue weighted by atomic mass is 19.1. The van der Waals surface area contributed by atoms with Gasteiger partial charge in [-0.15, -0.1) is 0 Å². The molecule has 0 aliphatic carbocycles. The summed E-state index contributed by atoms with van der Waals surface area (Å²) in [5.74, 6) is -1.13. The number of nitrogens with zero attached hydrogens (tertiary/aromatic N) is 1. The Kier molecular flexibility index (Phi) is 3.00. The summed E-state index contributed by atoms with van der Waals surface area (Å²) in [7, 11) is 0. The molecule has 1 aromatic heterocycles. The predicted octanol–water partition coefficient (Wildman–Crippen LogP) is 3.33. The fraction of sp³-hybridized carbons (Fsp3) is 0.0714. The molecule has 0 radical (unpaired) electrons. The second kappa shape index (κ2) is 4.45. The number of benzene rings is 1. The van der Waals surface area contributed by atoms with Crippen LogP contribution in [0.2, 0.25) is 0 Å². The Morgan fingerprint density at radius 2 is 2.00 bits per heavy atom. The second-order valence-corrected chi connectivity index (χ2v) is 3.76. The Morgan fingerprint density at radius 3 is 2.65 bits per heavy atom. The van der Waals surface area contributed by atoms with Crippen LogP contribution in [0, 0.1) is 18.6 Å². The van der Waals surface area contributed by atoms with Crippen molar-refractivity contribution < 1.29 is 13.3 Å². The molecule has 2 aromatic rings. The van der Waals surface area contributed by atoms with E-state index in [1.54, 1.807) is 36.0 Å². The molecule has 0 spiro atoms. The van der Waals surface area contributed by atoms with Crippen molar-refractivity contribution in [1.29, 1.82) is 0 Å². The zero-order valence-electron chi connectivity index (χ0n) is 9.45. The summed E-state index contributed by atoms with van der Waals surface area (Å²) in [5.41, 5.74) is 1.61. The quantitative estimate of drug-likeness (QED) is 0.699. The highest BCUT2D eigenvalue weighted by Gasteiger charge is 2.18.